The van der Waals surface area contributed by atoms with Gasteiger partial charge in [0.05, 0.1) is 0 Å². The van der Waals surface area contributed by atoms with Crippen molar-refractivity contribution in [3.8, 4) is 0 Å². The zero-order valence-electron chi connectivity index (χ0n) is 6.74. The molecule has 0 aromatic heterocycles. The van der Waals surface area contributed by atoms with Gasteiger partial charge in [0.15, 0.2) is 0 Å². The Kier molecular flexibility index (Phi) is 1.93. The van der Waals surface area contributed by atoms with Gasteiger partial charge in [0, 0.05) is 0 Å². The van der Waals surface area contributed by atoms with Crippen LogP contribution >= 0.6 is 0 Å². The van der Waals surface area contributed by atoms with Gasteiger partial charge in [-0.25, -0.2) is 0 Å². The summed E-state index contributed by atoms with van der Waals surface area (Å²) < 4.78 is 0. The van der Waals surface area contributed by atoms with Crippen LogP contribution in [0.2, 0.25) is 0 Å². The third-order valence-electron chi connectivity index (χ3n) is 2.67. The largest absolute Gasteiger partial charge is 0.0808 e. The number of rotatable bonds is 0. The summed E-state index contributed by atoms with van der Waals surface area (Å²) in [6, 6.07) is 0. The van der Waals surface area contributed by atoms with E-state index < -0.39 is 0 Å². The number of hydrogen-bond donors (Lipinski definition) is 0. The summed E-state index contributed by atoms with van der Waals surface area (Å²) in [6.07, 6.45) is 17.5. The van der Waals surface area contributed by atoms with Crippen LogP contribution in [-0.4, -0.2) is 0 Å². The maximum absolute atomic E-state index is 2.36. The molecule has 2 atom stereocenters. The second-order valence-electron chi connectivity index (χ2n) is 3.41. The quantitative estimate of drug-likeness (QED) is 0.492. The predicted molar refractivity (Wildman–Crippen MR) is 48.3 cm³/mol. The first-order valence-corrected chi connectivity index (χ1v) is 4.48. The van der Waals surface area contributed by atoms with Crippen LogP contribution in [0.4, 0.5) is 0 Å². The lowest BCUT2D eigenvalue weighted by molar-refractivity contribution is 0.558. The molecule has 0 saturated heterocycles. The first-order valence-electron chi connectivity index (χ1n) is 4.48. The molecular weight excluding hydrogens is 132 g/mol. The topological polar surface area (TPSA) is 0 Å². The van der Waals surface area contributed by atoms with Crippen LogP contribution in [0.1, 0.15) is 19.3 Å². The Hall–Kier alpha value is -0.780. The molecule has 2 aliphatic rings. The van der Waals surface area contributed by atoms with E-state index in [-0.39, 0.29) is 0 Å². The third kappa shape index (κ3) is 1.45. The van der Waals surface area contributed by atoms with Gasteiger partial charge in [-0.2, -0.15) is 0 Å². The van der Waals surface area contributed by atoms with Crippen LogP contribution in [0.5, 0.6) is 0 Å². The van der Waals surface area contributed by atoms with Gasteiger partial charge in [-0.05, 0) is 24.7 Å². The lowest BCUT2D eigenvalue weighted by Crippen LogP contribution is -2.01. The lowest BCUT2D eigenvalue weighted by Gasteiger charge is -2.11. The van der Waals surface area contributed by atoms with E-state index in [2.05, 4.69) is 36.5 Å². The monoisotopic (exact) mass is 146 g/mol. The molecule has 58 valence electrons. The van der Waals surface area contributed by atoms with Gasteiger partial charge in [-0.3, -0.25) is 0 Å². The SMILES string of the molecule is C1=C\C=C/C2CCCC2\C=C/1. The first-order chi connectivity index (χ1) is 5.47. The highest BCUT2D eigenvalue weighted by atomic mass is 14.3. The van der Waals surface area contributed by atoms with Gasteiger partial charge in [0.25, 0.3) is 0 Å². The van der Waals surface area contributed by atoms with Crippen LogP contribution < -0.4 is 0 Å². The minimum atomic E-state index is 0.830. The molecule has 0 aromatic carbocycles. The van der Waals surface area contributed by atoms with Gasteiger partial charge < -0.3 is 0 Å². The smallest absolute Gasteiger partial charge is 0.0167 e. The van der Waals surface area contributed by atoms with Crippen molar-refractivity contribution in [2.24, 2.45) is 11.8 Å². The van der Waals surface area contributed by atoms with E-state index in [1.165, 1.54) is 19.3 Å². The van der Waals surface area contributed by atoms with Crippen molar-refractivity contribution in [2.75, 3.05) is 0 Å². The van der Waals surface area contributed by atoms with Crippen LogP contribution in [0.3, 0.4) is 0 Å². The van der Waals surface area contributed by atoms with Gasteiger partial charge >= 0.3 is 0 Å². The molecular formula is C11H14. The van der Waals surface area contributed by atoms with Crippen molar-refractivity contribution in [3.63, 3.8) is 0 Å². The van der Waals surface area contributed by atoms with Crippen LogP contribution in [0.25, 0.3) is 0 Å². The minimum absolute atomic E-state index is 0.830. The molecule has 0 spiro atoms. The number of hydrogen-bond acceptors (Lipinski definition) is 0. The maximum atomic E-state index is 2.36. The Morgan fingerprint density at radius 3 is 1.82 bits per heavy atom. The van der Waals surface area contributed by atoms with Crippen LogP contribution in [0.15, 0.2) is 36.5 Å². The van der Waals surface area contributed by atoms with Crippen molar-refractivity contribution in [1.29, 1.82) is 0 Å². The van der Waals surface area contributed by atoms with Crippen molar-refractivity contribution >= 4 is 0 Å². The Morgan fingerprint density at radius 2 is 1.27 bits per heavy atom. The van der Waals surface area contributed by atoms with Gasteiger partial charge in [-0.15, -0.1) is 0 Å². The van der Waals surface area contributed by atoms with Crippen molar-refractivity contribution in [2.45, 2.75) is 19.3 Å². The van der Waals surface area contributed by atoms with Gasteiger partial charge in [0.2, 0.25) is 0 Å². The molecule has 1 saturated carbocycles. The summed E-state index contributed by atoms with van der Waals surface area (Å²) in [5, 5.41) is 0. The molecule has 0 aliphatic heterocycles. The molecule has 0 bridgehead atoms. The molecule has 0 amide bonds. The Morgan fingerprint density at radius 1 is 0.727 bits per heavy atom. The van der Waals surface area contributed by atoms with E-state index >= 15 is 0 Å². The molecule has 0 heteroatoms. The van der Waals surface area contributed by atoms with Crippen molar-refractivity contribution in [1.82, 2.24) is 0 Å². The summed E-state index contributed by atoms with van der Waals surface area (Å²) in [5.41, 5.74) is 0. The standard InChI is InChI=1S/C11H14/c1-2-4-7-11-9-5-8-10(11)6-3-1/h1-4,6-7,10-11H,5,8-9H2/b2-1-,6-3-,7-4-. The predicted octanol–water partition coefficient (Wildman–Crippen LogP) is 3.08. The van der Waals surface area contributed by atoms with Crippen molar-refractivity contribution in [3.05, 3.63) is 36.5 Å². The molecule has 11 heavy (non-hydrogen) atoms. The molecule has 2 unspecified atom stereocenters. The molecule has 2 rings (SSSR count). The summed E-state index contributed by atoms with van der Waals surface area (Å²) in [7, 11) is 0. The fourth-order valence-corrected chi connectivity index (χ4v) is 2.04. The summed E-state index contributed by atoms with van der Waals surface area (Å²) in [4.78, 5) is 0. The number of allylic oxidation sites excluding steroid dienone is 6. The average molecular weight is 146 g/mol. The fourth-order valence-electron chi connectivity index (χ4n) is 2.04. The van der Waals surface area contributed by atoms with E-state index in [1.807, 2.05) is 0 Å². The second-order valence-corrected chi connectivity index (χ2v) is 3.41. The lowest BCUT2D eigenvalue weighted by atomic mass is 9.94. The van der Waals surface area contributed by atoms with E-state index in [0.29, 0.717) is 0 Å². The molecule has 0 nitrogen and oxygen atoms in total. The summed E-state index contributed by atoms with van der Waals surface area (Å²) in [6.45, 7) is 0. The molecule has 0 radical (unpaired) electrons. The highest BCUT2D eigenvalue weighted by molar-refractivity contribution is 5.18. The van der Waals surface area contributed by atoms with Crippen LogP contribution in [-0.2, 0) is 0 Å². The fraction of sp³-hybridized carbons (Fsp3) is 0.455. The first kappa shape index (κ1) is 6.90. The molecule has 2 aliphatic carbocycles. The summed E-state index contributed by atoms with van der Waals surface area (Å²) >= 11 is 0. The Balaban J connectivity index is 2.19. The van der Waals surface area contributed by atoms with Crippen LogP contribution in [0, 0.1) is 11.8 Å². The summed E-state index contributed by atoms with van der Waals surface area (Å²) in [5.74, 6) is 1.66. The van der Waals surface area contributed by atoms with E-state index in [1.54, 1.807) is 0 Å². The van der Waals surface area contributed by atoms with Crippen molar-refractivity contribution < 1.29 is 0 Å². The van der Waals surface area contributed by atoms with E-state index in [9.17, 15) is 0 Å². The zero-order valence-corrected chi connectivity index (χ0v) is 6.74. The van der Waals surface area contributed by atoms with Gasteiger partial charge in [-0.1, -0.05) is 42.9 Å². The Bertz CT molecular complexity index is 186. The Labute approximate surface area is 68.3 Å². The molecule has 0 N–H and O–H groups in total. The maximum Gasteiger partial charge on any atom is -0.0167 e. The highest BCUT2D eigenvalue weighted by Gasteiger charge is 2.22. The normalized spacial score (nSPS) is 43.6. The molecule has 0 aromatic rings. The van der Waals surface area contributed by atoms with E-state index in [4.69, 9.17) is 0 Å². The van der Waals surface area contributed by atoms with E-state index in [0.717, 1.165) is 11.8 Å². The second kappa shape index (κ2) is 3.08. The zero-order chi connectivity index (χ0) is 7.52. The minimum Gasteiger partial charge on any atom is -0.0808 e. The molecule has 0 heterocycles. The number of fused-ring (bicyclic) bond motifs is 1. The third-order valence-corrected chi connectivity index (χ3v) is 2.67. The van der Waals surface area contributed by atoms with Gasteiger partial charge in [0.1, 0.15) is 0 Å². The highest BCUT2D eigenvalue weighted by Crippen LogP contribution is 2.34. The molecule has 1 fully saturated rings. The average Bonchev–Trinajstić information content (AvgIpc) is 2.35.